The fourth-order valence-electron chi connectivity index (χ4n) is 1.64. The third-order valence-corrected chi connectivity index (χ3v) is 2.36. The molecule has 1 aromatic heterocycles. The molecular formula is C12H12NO2. The highest BCUT2D eigenvalue weighted by Crippen LogP contribution is 2.15. The number of H-pyrrole nitrogens is 1. The molecule has 0 spiro atoms. The normalized spacial score (nSPS) is 10.7. The van der Waals surface area contributed by atoms with Crippen LogP contribution >= 0.6 is 0 Å². The SMILES string of the molecule is O=C(O)CCCc1cc2c[c]ccc2[nH]1. The van der Waals surface area contributed by atoms with Crippen LogP contribution in [-0.4, -0.2) is 16.1 Å². The van der Waals surface area contributed by atoms with Gasteiger partial charge < -0.3 is 10.1 Å². The summed E-state index contributed by atoms with van der Waals surface area (Å²) in [5, 5.41) is 9.64. The number of carboxylic acid groups (broad SMARTS) is 1. The highest BCUT2D eigenvalue weighted by atomic mass is 16.4. The minimum absolute atomic E-state index is 0.224. The molecule has 3 heteroatoms. The first kappa shape index (κ1) is 9.77. The van der Waals surface area contributed by atoms with Gasteiger partial charge in [-0.05, 0) is 37.1 Å². The van der Waals surface area contributed by atoms with Gasteiger partial charge in [0, 0.05) is 23.0 Å². The fraction of sp³-hybridized carbons (Fsp3) is 0.250. The molecule has 0 saturated heterocycles. The summed E-state index contributed by atoms with van der Waals surface area (Å²) in [6.07, 6.45) is 1.67. The van der Waals surface area contributed by atoms with E-state index in [-0.39, 0.29) is 6.42 Å². The van der Waals surface area contributed by atoms with Crippen LogP contribution < -0.4 is 0 Å². The first-order chi connectivity index (χ1) is 7.25. The molecular weight excluding hydrogens is 190 g/mol. The van der Waals surface area contributed by atoms with E-state index in [1.165, 1.54) is 0 Å². The fourth-order valence-corrected chi connectivity index (χ4v) is 1.64. The van der Waals surface area contributed by atoms with E-state index in [0.717, 1.165) is 23.0 Å². The van der Waals surface area contributed by atoms with Gasteiger partial charge in [-0.2, -0.15) is 0 Å². The maximum atomic E-state index is 10.3. The van der Waals surface area contributed by atoms with Crippen LogP contribution in [0.3, 0.4) is 0 Å². The van der Waals surface area contributed by atoms with Crippen molar-refractivity contribution < 1.29 is 9.90 Å². The Balaban J connectivity index is 2.05. The van der Waals surface area contributed by atoms with Crippen LogP contribution in [0.1, 0.15) is 18.5 Å². The summed E-state index contributed by atoms with van der Waals surface area (Å²) >= 11 is 0. The summed E-state index contributed by atoms with van der Waals surface area (Å²) in [7, 11) is 0. The average molecular weight is 202 g/mol. The zero-order valence-electron chi connectivity index (χ0n) is 8.29. The lowest BCUT2D eigenvalue weighted by Crippen LogP contribution is -1.95. The summed E-state index contributed by atoms with van der Waals surface area (Å²) in [5.41, 5.74) is 2.17. The molecule has 3 nitrogen and oxygen atoms in total. The van der Waals surface area contributed by atoms with Crippen LogP contribution in [0.4, 0.5) is 0 Å². The zero-order valence-corrected chi connectivity index (χ0v) is 8.29. The first-order valence-corrected chi connectivity index (χ1v) is 4.95. The van der Waals surface area contributed by atoms with Crippen LogP contribution in [0.5, 0.6) is 0 Å². The van der Waals surface area contributed by atoms with Crippen LogP contribution in [0, 0.1) is 6.07 Å². The van der Waals surface area contributed by atoms with Gasteiger partial charge in [0.15, 0.2) is 0 Å². The Kier molecular flexibility index (Phi) is 2.72. The van der Waals surface area contributed by atoms with Crippen LogP contribution in [0.2, 0.25) is 0 Å². The van der Waals surface area contributed by atoms with E-state index < -0.39 is 5.97 Å². The molecule has 1 aromatic carbocycles. The largest absolute Gasteiger partial charge is 0.481 e. The van der Waals surface area contributed by atoms with Crippen LogP contribution in [-0.2, 0) is 11.2 Å². The predicted octanol–water partition coefficient (Wildman–Crippen LogP) is 2.38. The molecule has 2 N–H and O–H groups in total. The van der Waals surface area contributed by atoms with E-state index in [1.807, 2.05) is 24.3 Å². The number of hydrogen-bond acceptors (Lipinski definition) is 1. The molecule has 0 bridgehead atoms. The molecule has 1 heterocycles. The van der Waals surface area contributed by atoms with Crippen molar-refractivity contribution in [2.75, 3.05) is 0 Å². The summed E-state index contributed by atoms with van der Waals surface area (Å²) < 4.78 is 0. The number of aliphatic carboxylic acids is 1. The second-order valence-corrected chi connectivity index (χ2v) is 3.56. The lowest BCUT2D eigenvalue weighted by Gasteiger charge is -1.94. The summed E-state index contributed by atoms with van der Waals surface area (Å²) in [6, 6.07) is 10.8. The van der Waals surface area contributed by atoms with Gasteiger partial charge in [-0.3, -0.25) is 4.79 Å². The van der Waals surface area contributed by atoms with Crippen molar-refractivity contribution in [1.82, 2.24) is 4.98 Å². The highest BCUT2D eigenvalue weighted by molar-refractivity contribution is 5.80. The Bertz CT molecular complexity index is 440. The molecule has 0 aliphatic rings. The maximum absolute atomic E-state index is 10.3. The Morgan fingerprint density at radius 3 is 3.13 bits per heavy atom. The average Bonchev–Trinajstić information content (AvgIpc) is 2.59. The summed E-state index contributed by atoms with van der Waals surface area (Å²) in [6.45, 7) is 0. The second kappa shape index (κ2) is 4.17. The molecule has 1 radical (unpaired) electrons. The van der Waals surface area contributed by atoms with E-state index in [2.05, 4.69) is 11.1 Å². The lowest BCUT2D eigenvalue weighted by atomic mass is 10.2. The molecule has 15 heavy (non-hydrogen) atoms. The van der Waals surface area contributed by atoms with Gasteiger partial charge in [-0.15, -0.1) is 0 Å². The molecule has 0 saturated carbocycles. The van der Waals surface area contributed by atoms with Crippen molar-refractivity contribution in [3.8, 4) is 0 Å². The second-order valence-electron chi connectivity index (χ2n) is 3.56. The molecule has 0 aliphatic carbocycles. The van der Waals surface area contributed by atoms with Gasteiger partial charge >= 0.3 is 5.97 Å². The quantitative estimate of drug-likeness (QED) is 0.799. The van der Waals surface area contributed by atoms with Gasteiger partial charge in [0.25, 0.3) is 0 Å². The monoisotopic (exact) mass is 202 g/mol. The maximum Gasteiger partial charge on any atom is 0.303 e. The molecule has 0 amide bonds. The van der Waals surface area contributed by atoms with E-state index in [0.29, 0.717) is 6.42 Å². The number of benzene rings is 1. The van der Waals surface area contributed by atoms with Crippen molar-refractivity contribution in [2.24, 2.45) is 0 Å². The van der Waals surface area contributed by atoms with E-state index in [1.54, 1.807) is 0 Å². The molecule has 0 aliphatic heterocycles. The molecule has 0 fully saturated rings. The van der Waals surface area contributed by atoms with Gasteiger partial charge in [0.1, 0.15) is 0 Å². The molecule has 77 valence electrons. The zero-order chi connectivity index (χ0) is 10.7. The van der Waals surface area contributed by atoms with Crippen molar-refractivity contribution >= 4 is 16.9 Å². The molecule has 0 unspecified atom stereocenters. The number of carbonyl (C=O) groups is 1. The number of fused-ring (bicyclic) bond motifs is 1. The van der Waals surface area contributed by atoms with E-state index >= 15 is 0 Å². The molecule has 2 aromatic rings. The molecule has 2 rings (SSSR count). The minimum Gasteiger partial charge on any atom is -0.481 e. The van der Waals surface area contributed by atoms with Crippen LogP contribution in [0.15, 0.2) is 24.3 Å². The number of rotatable bonds is 4. The Hall–Kier alpha value is -1.77. The van der Waals surface area contributed by atoms with Gasteiger partial charge in [0.05, 0.1) is 0 Å². The number of hydrogen-bond donors (Lipinski definition) is 2. The van der Waals surface area contributed by atoms with Gasteiger partial charge in [-0.25, -0.2) is 0 Å². The van der Waals surface area contributed by atoms with Crippen LogP contribution in [0.25, 0.3) is 10.9 Å². The van der Waals surface area contributed by atoms with Gasteiger partial charge in [0.2, 0.25) is 0 Å². The third kappa shape index (κ3) is 2.37. The number of aromatic amines is 1. The lowest BCUT2D eigenvalue weighted by molar-refractivity contribution is -0.137. The summed E-state index contributed by atoms with van der Waals surface area (Å²) in [4.78, 5) is 13.6. The summed E-state index contributed by atoms with van der Waals surface area (Å²) in [5.74, 6) is -0.737. The predicted molar refractivity (Wildman–Crippen MR) is 57.7 cm³/mol. The number of aryl methyl sites for hydroxylation is 1. The van der Waals surface area contributed by atoms with Crippen molar-refractivity contribution in [3.05, 3.63) is 36.0 Å². The van der Waals surface area contributed by atoms with Crippen molar-refractivity contribution in [3.63, 3.8) is 0 Å². The molecule has 0 atom stereocenters. The Morgan fingerprint density at radius 1 is 1.53 bits per heavy atom. The Labute approximate surface area is 87.7 Å². The number of nitrogens with one attached hydrogen (secondary N) is 1. The smallest absolute Gasteiger partial charge is 0.303 e. The Morgan fingerprint density at radius 2 is 2.40 bits per heavy atom. The van der Waals surface area contributed by atoms with Crippen molar-refractivity contribution in [2.45, 2.75) is 19.3 Å². The number of aromatic nitrogens is 1. The van der Waals surface area contributed by atoms with E-state index in [9.17, 15) is 4.79 Å². The van der Waals surface area contributed by atoms with Crippen molar-refractivity contribution in [1.29, 1.82) is 0 Å². The van der Waals surface area contributed by atoms with Gasteiger partial charge in [-0.1, -0.05) is 6.07 Å². The third-order valence-electron chi connectivity index (χ3n) is 2.36. The highest BCUT2D eigenvalue weighted by Gasteiger charge is 2.01. The number of carboxylic acids is 1. The minimum atomic E-state index is -0.737. The van der Waals surface area contributed by atoms with E-state index in [4.69, 9.17) is 5.11 Å². The first-order valence-electron chi connectivity index (χ1n) is 4.95. The topological polar surface area (TPSA) is 53.1 Å². The standard InChI is InChI=1S/C12H12NO2/c14-12(15)7-3-5-10-8-9-4-1-2-6-11(9)13-10/h2,4,6,8,13H,3,5,7H2,(H,14,15).